The summed E-state index contributed by atoms with van der Waals surface area (Å²) in [6.07, 6.45) is 1.64. The van der Waals surface area contributed by atoms with E-state index < -0.39 is 0 Å². The molecule has 1 aromatic heterocycles. The lowest BCUT2D eigenvalue weighted by Crippen LogP contribution is -2.48. The summed E-state index contributed by atoms with van der Waals surface area (Å²) in [5, 5.41) is 8.86. The number of carbonyl (C=O) groups is 2. The van der Waals surface area contributed by atoms with Crippen molar-refractivity contribution in [3.05, 3.63) is 18.3 Å². The molecule has 2 saturated heterocycles. The lowest BCUT2D eigenvalue weighted by Gasteiger charge is -2.31. The van der Waals surface area contributed by atoms with E-state index in [1.54, 1.807) is 6.20 Å². The van der Waals surface area contributed by atoms with Crippen molar-refractivity contribution >= 4 is 23.3 Å². The average Bonchev–Trinajstić information content (AvgIpc) is 2.46. The van der Waals surface area contributed by atoms with Crippen LogP contribution in [0.2, 0.25) is 0 Å². The van der Waals surface area contributed by atoms with E-state index in [1.165, 1.54) is 0 Å². The molecule has 2 fully saturated rings. The Bertz CT molecular complexity index is 556. The van der Waals surface area contributed by atoms with Gasteiger partial charge in [0, 0.05) is 19.0 Å². The van der Waals surface area contributed by atoms with Crippen LogP contribution < -0.4 is 20.9 Å². The van der Waals surface area contributed by atoms with Crippen LogP contribution in [0.4, 0.5) is 11.5 Å². The normalized spacial score (nSPS) is 20.0. The number of nitrogens with one attached hydrogen (secondary N) is 3. The number of rotatable bonds is 4. The zero-order valence-electron chi connectivity index (χ0n) is 12.6. The van der Waals surface area contributed by atoms with Crippen molar-refractivity contribution in [2.75, 3.05) is 42.9 Å². The zero-order valence-corrected chi connectivity index (χ0v) is 12.6. The Morgan fingerprint density at radius 1 is 1.45 bits per heavy atom. The first kappa shape index (κ1) is 14.8. The molecule has 7 nitrogen and oxygen atoms in total. The topological polar surface area (TPSA) is 86.4 Å². The second-order valence-electron chi connectivity index (χ2n) is 5.87. The first-order chi connectivity index (χ1) is 10.6. The molecule has 0 aromatic carbocycles. The summed E-state index contributed by atoms with van der Waals surface area (Å²) in [4.78, 5) is 29.8. The quantitative estimate of drug-likeness (QED) is 0.718. The standard InChI is InChI=1S/C15H21N5O2/c1-10(11-6-16-7-11)15(22)19-12-2-3-13(18-8-12)20-5-4-17-14(21)9-20/h2-3,8,10-11,16H,4-7,9H2,1H3,(H,17,21)(H,19,22). The number of nitrogens with zero attached hydrogens (tertiary/aromatic N) is 2. The number of hydrogen-bond donors (Lipinski definition) is 3. The predicted octanol–water partition coefficient (Wildman–Crippen LogP) is -0.188. The monoisotopic (exact) mass is 303 g/mol. The molecule has 1 unspecified atom stereocenters. The first-order valence-electron chi connectivity index (χ1n) is 7.63. The van der Waals surface area contributed by atoms with E-state index in [-0.39, 0.29) is 17.7 Å². The molecular formula is C15H21N5O2. The van der Waals surface area contributed by atoms with Gasteiger partial charge in [0.15, 0.2) is 0 Å². The number of anilines is 2. The molecule has 2 aliphatic heterocycles. The van der Waals surface area contributed by atoms with E-state index in [4.69, 9.17) is 0 Å². The van der Waals surface area contributed by atoms with E-state index in [2.05, 4.69) is 20.9 Å². The van der Waals surface area contributed by atoms with Gasteiger partial charge in [0.05, 0.1) is 18.4 Å². The van der Waals surface area contributed by atoms with Crippen LogP contribution in [-0.4, -0.2) is 49.5 Å². The van der Waals surface area contributed by atoms with Crippen LogP contribution in [0.15, 0.2) is 18.3 Å². The van der Waals surface area contributed by atoms with E-state index >= 15 is 0 Å². The second-order valence-corrected chi connectivity index (χ2v) is 5.87. The van der Waals surface area contributed by atoms with Gasteiger partial charge in [0.1, 0.15) is 5.82 Å². The first-order valence-corrected chi connectivity index (χ1v) is 7.63. The van der Waals surface area contributed by atoms with Crippen LogP contribution in [0.3, 0.4) is 0 Å². The van der Waals surface area contributed by atoms with E-state index in [0.29, 0.717) is 24.7 Å². The SMILES string of the molecule is CC(C(=O)Nc1ccc(N2CCNC(=O)C2)nc1)C1CNC1. The maximum absolute atomic E-state index is 12.1. The number of carbonyl (C=O) groups excluding carboxylic acids is 2. The van der Waals surface area contributed by atoms with Crippen molar-refractivity contribution in [2.24, 2.45) is 11.8 Å². The highest BCUT2D eigenvalue weighted by atomic mass is 16.2. The predicted molar refractivity (Wildman–Crippen MR) is 83.6 cm³/mol. The third-order valence-corrected chi connectivity index (χ3v) is 4.31. The summed E-state index contributed by atoms with van der Waals surface area (Å²) >= 11 is 0. The van der Waals surface area contributed by atoms with Crippen LogP contribution >= 0.6 is 0 Å². The molecule has 0 saturated carbocycles. The number of piperazine rings is 1. The van der Waals surface area contributed by atoms with Crippen LogP contribution in [0.5, 0.6) is 0 Å². The maximum atomic E-state index is 12.1. The summed E-state index contributed by atoms with van der Waals surface area (Å²) in [7, 11) is 0. The second kappa shape index (κ2) is 6.31. The van der Waals surface area contributed by atoms with Crippen molar-refractivity contribution < 1.29 is 9.59 Å². The summed E-state index contributed by atoms with van der Waals surface area (Å²) < 4.78 is 0. The van der Waals surface area contributed by atoms with Crippen molar-refractivity contribution in [1.82, 2.24) is 15.6 Å². The third-order valence-electron chi connectivity index (χ3n) is 4.31. The van der Waals surface area contributed by atoms with Gasteiger partial charge in [-0.15, -0.1) is 0 Å². The summed E-state index contributed by atoms with van der Waals surface area (Å²) in [6.45, 7) is 5.47. The molecule has 2 aliphatic rings. The fraction of sp³-hybridized carbons (Fsp3) is 0.533. The van der Waals surface area contributed by atoms with Crippen molar-refractivity contribution in [3.63, 3.8) is 0 Å². The molecular weight excluding hydrogens is 282 g/mol. The van der Waals surface area contributed by atoms with E-state index in [9.17, 15) is 9.59 Å². The molecule has 3 heterocycles. The smallest absolute Gasteiger partial charge is 0.239 e. The minimum absolute atomic E-state index is 0.00767. The van der Waals surface area contributed by atoms with Gasteiger partial charge in [-0.2, -0.15) is 0 Å². The molecule has 118 valence electrons. The molecule has 3 N–H and O–H groups in total. The van der Waals surface area contributed by atoms with Crippen molar-refractivity contribution in [2.45, 2.75) is 6.92 Å². The van der Waals surface area contributed by atoms with Gasteiger partial charge < -0.3 is 20.9 Å². The fourth-order valence-electron chi connectivity index (χ4n) is 2.62. The van der Waals surface area contributed by atoms with Gasteiger partial charge in [-0.25, -0.2) is 4.98 Å². The van der Waals surface area contributed by atoms with Gasteiger partial charge in [-0.1, -0.05) is 6.92 Å². The Balaban J connectivity index is 1.59. The van der Waals surface area contributed by atoms with Crippen LogP contribution in [0.25, 0.3) is 0 Å². The number of amides is 2. The molecule has 1 atom stereocenters. The molecule has 3 rings (SSSR count). The highest BCUT2D eigenvalue weighted by Gasteiger charge is 2.28. The minimum atomic E-state index is -0.00767. The Kier molecular flexibility index (Phi) is 4.24. The van der Waals surface area contributed by atoms with Gasteiger partial charge in [0.25, 0.3) is 0 Å². The van der Waals surface area contributed by atoms with Gasteiger partial charge in [0.2, 0.25) is 11.8 Å². The Morgan fingerprint density at radius 3 is 2.86 bits per heavy atom. The number of pyridine rings is 1. The average molecular weight is 303 g/mol. The number of aromatic nitrogens is 1. The Morgan fingerprint density at radius 2 is 2.27 bits per heavy atom. The fourth-order valence-corrected chi connectivity index (χ4v) is 2.62. The molecule has 0 aliphatic carbocycles. The third kappa shape index (κ3) is 3.19. The van der Waals surface area contributed by atoms with Gasteiger partial charge in [-0.3, -0.25) is 9.59 Å². The summed E-state index contributed by atoms with van der Waals surface area (Å²) in [5.41, 5.74) is 0.689. The van der Waals surface area contributed by atoms with Crippen LogP contribution in [0.1, 0.15) is 6.92 Å². The summed E-state index contributed by atoms with van der Waals surface area (Å²) in [6, 6.07) is 3.67. The maximum Gasteiger partial charge on any atom is 0.239 e. The van der Waals surface area contributed by atoms with Crippen molar-refractivity contribution in [3.8, 4) is 0 Å². The molecule has 0 radical (unpaired) electrons. The molecule has 22 heavy (non-hydrogen) atoms. The minimum Gasteiger partial charge on any atom is -0.353 e. The molecule has 0 spiro atoms. The Hall–Kier alpha value is -2.15. The zero-order chi connectivity index (χ0) is 15.5. The van der Waals surface area contributed by atoms with Gasteiger partial charge >= 0.3 is 0 Å². The van der Waals surface area contributed by atoms with Gasteiger partial charge in [-0.05, 0) is 31.1 Å². The molecule has 7 heteroatoms. The summed E-state index contributed by atoms with van der Waals surface area (Å²) in [5.74, 6) is 1.20. The lowest BCUT2D eigenvalue weighted by molar-refractivity contribution is -0.121. The number of hydrogen-bond acceptors (Lipinski definition) is 5. The molecule has 1 aromatic rings. The molecule has 0 bridgehead atoms. The van der Waals surface area contributed by atoms with Crippen molar-refractivity contribution in [1.29, 1.82) is 0 Å². The van der Waals surface area contributed by atoms with E-state index in [0.717, 1.165) is 25.5 Å². The lowest BCUT2D eigenvalue weighted by atomic mass is 9.88. The molecule has 2 amide bonds. The highest BCUT2D eigenvalue weighted by molar-refractivity contribution is 5.92. The largest absolute Gasteiger partial charge is 0.353 e. The highest BCUT2D eigenvalue weighted by Crippen LogP contribution is 2.19. The van der Waals surface area contributed by atoms with E-state index in [1.807, 2.05) is 24.0 Å². The Labute approximate surface area is 129 Å². The van der Waals surface area contributed by atoms with Crippen LogP contribution in [0, 0.1) is 11.8 Å². The van der Waals surface area contributed by atoms with Crippen LogP contribution in [-0.2, 0) is 9.59 Å².